The number of hydrogen-bond acceptors (Lipinski definition) is 9. The number of rotatable bonds is 8. The Kier molecular flexibility index (Phi) is 6.48. The molecule has 12 heteroatoms. The van der Waals surface area contributed by atoms with Gasteiger partial charge >= 0.3 is 6.09 Å². The van der Waals surface area contributed by atoms with E-state index in [1.165, 1.54) is 43.6 Å². The molecule has 0 radical (unpaired) electrons. The number of aromatic nitrogens is 5. The predicted molar refractivity (Wildman–Crippen MR) is 120 cm³/mol. The van der Waals surface area contributed by atoms with E-state index in [0.29, 0.717) is 28.6 Å². The zero-order valence-corrected chi connectivity index (χ0v) is 18.2. The normalized spacial score (nSPS) is 10.6. The van der Waals surface area contributed by atoms with Gasteiger partial charge in [0.15, 0.2) is 23.1 Å². The van der Waals surface area contributed by atoms with Crippen LogP contribution in [-0.2, 0) is 6.54 Å². The SMILES string of the molecule is COc1cnc(-c2cc(OC)n(Cc3ccccc3F)n2)nc1Nc1ccncc1OC(N)=O. The topological polar surface area (TPSA) is 139 Å². The molecule has 0 aliphatic rings. The van der Waals surface area contributed by atoms with Crippen LogP contribution in [0.1, 0.15) is 5.56 Å². The molecule has 0 saturated heterocycles. The fraction of sp³-hybridized carbons (Fsp3) is 0.136. The number of amides is 1. The summed E-state index contributed by atoms with van der Waals surface area (Å²) < 4.78 is 31.3. The summed E-state index contributed by atoms with van der Waals surface area (Å²) in [5.41, 5.74) is 6.34. The fourth-order valence-electron chi connectivity index (χ4n) is 3.11. The zero-order chi connectivity index (χ0) is 24.1. The molecule has 0 spiro atoms. The van der Waals surface area contributed by atoms with Crippen LogP contribution < -0.4 is 25.3 Å². The van der Waals surface area contributed by atoms with Crippen molar-refractivity contribution in [3.63, 3.8) is 0 Å². The predicted octanol–water partition coefficient (Wildman–Crippen LogP) is 3.14. The third-order valence-corrected chi connectivity index (χ3v) is 4.68. The number of halogens is 1. The minimum atomic E-state index is -0.987. The molecular formula is C22H20FN7O4. The van der Waals surface area contributed by atoms with Crippen molar-refractivity contribution in [3.8, 4) is 28.9 Å². The summed E-state index contributed by atoms with van der Waals surface area (Å²) in [6.45, 7) is 0.155. The third-order valence-electron chi connectivity index (χ3n) is 4.68. The van der Waals surface area contributed by atoms with Gasteiger partial charge in [-0.15, -0.1) is 0 Å². The maximum Gasteiger partial charge on any atom is 0.410 e. The van der Waals surface area contributed by atoms with Crippen molar-refractivity contribution in [1.82, 2.24) is 24.7 Å². The monoisotopic (exact) mass is 465 g/mol. The summed E-state index contributed by atoms with van der Waals surface area (Å²) in [4.78, 5) is 23.9. The maximum absolute atomic E-state index is 14.1. The summed E-state index contributed by atoms with van der Waals surface area (Å²) in [6, 6.07) is 9.63. The summed E-state index contributed by atoms with van der Waals surface area (Å²) in [5, 5.41) is 7.51. The van der Waals surface area contributed by atoms with Gasteiger partial charge < -0.3 is 25.3 Å². The summed E-state index contributed by atoms with van der Waals surface area (Å²) in [6.07, 6.45) is 3.30. The Morgan fingerprint density at radius 1 is 1.15 bits per heavy atom. The van der Waals surface area contributed by atoms with Gasteiger partial charge in [0.2, 0.25) is 5.88 Å². The highest BCUT2D eigenvalue weighted by Gasteiger charge is 2.17. The molecule has 3 aromatic heterocycles. The number of ether oxygens (including phenoxy) is 3. The molecule has 34 heavy (non-hydrogen) atoms. The van der Waals surface area contributed by atoms with Crippen molar-refractivity contribution in [2.45, 2.75) is 6.54 Å². The van der Waals surface area contributed by atoms with Gasteiger partial charge in [0, 0.05) is 17.8 Å². The van der Waals surface area contributed by atoms with Crippen molar-refractivity contribution in [1.29, 1.82) is 0 Å². The van der Waals surface area contributed by atoms with Gasteiger partial charge in [0.25, 0.3) is 0 Å². The number of carbonyl (C=O) groups is 1. The van der Waals surface area contributed by atoms with Gasteiger partial charge in [-0.2, -0.15) is 5.10 Å². The van der Waals surface area contributed by atoms with E-state index in [1.54, 1.807) is 30.3 Å². The first-order valence-electron chi connectivity index (χ1n) is 9.93. The van der Waals surface area contributed by atoms with Crippen molar-refractivity contribution in [2.24, 2.45) is 5.73 Å². The van der Waals surface area contributed by atoms with E-state index >= 15 is 0 Å². The van der Waals surface area contributed by atoms with Crippen molar-refractivity contribution < 1.29 is 23.4 Å². The lowest BCUT2D eigenvalue weighted by atomic mass is 10.2. The van der Waals surface area contributed by atoms with Crippen molar-refractivity contribution in [3.05, 3.63) is 66.4 Å². The third kappa shape index (κ3) is 4.85. The average Bonchev–Trinajstić information content (AvgIpc) is 3.24. The Morgan fingerprint density at radius 2 is 1.97 bits per heavy atom. The number of anilines is 2. The van der Waals surface area contributed by atoms with Crippen molar-refractivity contribution >= 4 is 17.6 Å². The molecule has 0 saturated carbocycles. The first-order valence-corrected chi connectivity index (χ1v) is 9.93. The highest BCUT2D eigenvalue weighted by Crippen LogP contribution is 2.32. The van der Waals surface area contributed by atoms with Crippen LogP contribution in [0.3, 0.4) is 0 Å². The van der Waals surface area contributed by atoms with E-state index < -0.39 is 6.09 Å². The molecule has 3 N–H and O–H groups in total. The highest BCUT2D eigenvalue weighted by molar-refractivity contribution is 5.74. The Labute approximate surface area is 193 Å². The summed E-state index contributed by atoms with van der Waals surface area (Å²) >= 11 is 0. The van der Waals surface area contributed by atoms with Crippen LogP contribution in [0, 0.1) is 5.82 Å². The Morgan fingerprint density at radius 3 is 2.71 bits per heavy atom. The van der Waals surface area contributed by atoms with E-state index in [2.05, 4.69) is 25.4 Å². The zero-order valence-electron chi connectivity index (χ0n) is 18.2. The van der Waals surface area contributed by atoms with Crippen molar-refractivity contribution in [2.75, 3.05) is 19.5 Å². The molecule has 0 atom stereocenters. The number of hydrogen-bond donors (Lipinski definition) is 2. The van der Waals surface area contributed by atoms with Crippen LogP contribution in [0.4, 0.5) is 20.7 Å². The number of primary amides is 1. The van der Waals surface area contributed by atoms with Gasteiger partial charge in [-0.3, -0.25) is 4.98 Å². The molecule has 11 nitrogen and oxygen atoms in total. The molecule has 0 aliphatic heterocycles. The second-order valence-electron chi connectivity index (χ2n) is 6.85. The maximum atomic E-state index is 14.1. The molecule has 0 aliphatic carbocycles. The van der Waals surface area contributed by atoms with Crippen LogP contribution in [0.2, 0.25) is 0 Å². The molecule has 0 fully saturated rings. The largest absolute Gasteiger partial charge is 0.491 e. The van der Waals surface area contributed by atoms with Gasteiger partial charge in [0.1, 0.15) is 11.5 Å². The number of nitrogens with one attached hydrogen (secondary N) is 1. The Hall–Kier alpha value is -4.74. The number of pyridine rings is 1. The van der Waals surface area contributed by atoms with Gasteiger partial charge in [-0.25, -0.2) is 23.8 Å². The number of nitrogens with zero attached hydrogens (tertiary/aromatic N) is 5. The lowest BCUT2D eigenvalue weighted by Crippen LogP contribution is -2.17. The van der Waals surface area contributed by atoms with E-state index in [9.17, 15) is 9.18 Å². The molecule has 0 unspecified atom stereocenters. The minimum absolute atomic E-state index is 0.105. The second kappa shape index (κ2) is 9.81. The van der Waals surface area contributed by atoms with E-state index in [4.69, 9.17) is 19.9 Å². The Balaban J connectivity index is 1.68. The van der Waals surface area contributed by atoms with Crippen LogP contribution >= 0.6 is 0 Å². The molecule has 1 amide bonds. The quantitative estimate of drug-likeness (QED) is 0.402. The Bertz CT molecular complexity index is 1330. The average molecular weight is 465 g/mol. The number of carbonyl (C=O) groups excluding carboxylic acids is 1. The fourth-order valence-corrected chi connectivity index (χ4v) is 3.11. The smallest absolute Gasteiger partial charge is 0.410 e. The summed E-state index contributed by atoms with van der Waals surface area (Å²) in [5.74, 6) is 1.01. The lowest BCUT2D eigenvalue weighted by Gasteiger charge is -2.13. The van der Waals surface area contributed by atoms with Crippen LogP contribution in [0.25, 0.3) is 11.5 Å². The summed E-state index contributed by atoms with van der Waals surface area (Å²) in [7, 11) is 2.95. The highest BCUT2D eigenvalue weighted by atomic mass is 19.1. The molecule has 4 rings (SSSR count). The molecule has 1 aromatic carbocycles. The van der Waals surface area contributed by atoms with Crippen LogP contribution in [-0.4, -0.2) is 45.0 Å². The van der Waals surface area contributed by atoms with Gasteiger partial charge in [0.05, 0.1) is 38.8 Å². The van der Waals surface area contributed by atoms with Gasteiger partial charge in [-0.1, -0.05) is 18.2 Å². The van der Waals surface area contributed by atoms with Crippen LogP contribution in [0.15, 0.2) is 55.0 Å². The first kappa shape index (κ1) is 22.5. The lowest BCUT2D eigenvalue weighted by molar-refractivity contribution is 0.211. The number of benzene rings is 1. The van der Waals surface area contributed by atoms with Crippen LogP contribution in [0.5, 0.6) is 17.4 Å². The van der Waals surface area contributed by atoms with E-state index in [1.807, 2.05) is 0 Å². The molecule has 4 aromatic rings. The molecule has 0 bridgehead atoms. The van der Waals surface area contributed by atoms with Gasteiger partial charge in [-0.05, 0) is 12.1 Å². The first-order chi connectivity index (χ1) is 16.5. The standard InChI is InChI=1S/C22H20FN7O4/c1-32-18-11-26-20(28-21(18)27-15-7-8-25-10-17(15)34-22(24)31)16-9-19(33-2)30(29-16)12-13-5-3-4-6-14(13)23/h3-11H,12H2,1-2H3,(H2,24,31)(H,25,26,27,28). The molecule has 174 valence electrons. The van der Waals surface area contributed by atoms with E-state index in [-0.39, 0.29) is 29.8 Å². The number of nitrogens with two attached hydrogens (primary N) is 1. The second-order valence-corrected chi connectivity index (χ2v) is 6.85. The minimum Gasteiger partial charge on any atom is -0.491 e. The van der Waals surface area contributed by atoms with E-state index in [0.717, 1.165) is 0 Å². The molecule has 3 heterocycles. The molecular weight excluding hydrogens is 445 g/mol. The number of methoxy groups -OCH3 is 2.